The van der Waals surface area contributed by atoms with E-state index >= 15 is 0 Å². The Morgan fingerprint density at radius 3 is 2.64 bits per heavy atom. The molecule has 1 fully saturated rings. The van der Waals surface area contributed by atoms with Crippen LogP contribution in [0.1, 0.15) is 0 Å². The van der Waals surface area contributed by atoms with Crippen molar-refractivity contribution in [2.24, 2.45) is 7.05 Å². The van der Waals surface area contributed by atoms with Gasteiger partial charge >= 0.3 is 0 Å². The summed E-state index contributed by atoms with van der Waals surface area (Å²) in [5.74, 6) is 1.03. The number of aliphatic hydroxyl groups excluding tert-OH is 1. The van der Waals surface area contributed by atoms with E-state index in [2.05, 4.69) is 33.6 Å². The number of nitrogens with zero attached hydrogens (tertiary/aromatic N) is 4. The molecule has 0 aliphatic carbocycles. The molecule has 0 bridgehead atoms. The number of pyridine rings is 2. The van der Waals surface area contributed by atoms with Gasteiger partial charge in [0.2, 0.25) is 0 Å². The Kier molecular flexibility index (Phi) is 4.22. The number of aromatic nitrogens is 3. The zero-order chi connectivity index (χ0) is 15.5. The molecule has 22 heavy (non-hydrogen) atoms. The van der Waals surface area contributed by atoms with Gasteiger partial charge in [-0.1, -0.05) is 0 Å². The maximum atomic E-state index is 7.00. The van der Waals surface area contributed by atoms with Crippen molar-refractivity contribution in [2.45, 2.75) is 0 Å². The minimum absolute atomic E-state index is 0.777. The summed E-state index contributed by atoms with van der Waals surface area (Å²) < 4.78 is 7.53. The molecule has 0 atom stereocenters. The van der Waals surface area contributed by atoms with Crippen molar-refractivity contribution in [3.8, 4) is 0 Å². The third-order valence-corrected chi connectivity index (χ3v) is 3.96. The molecule has 0 aromatic carbocycles. The molecule has 0 spiro atoms. The van der Waals surface area contributed by atoms with Crippen molar-refractivity contribution in [1.29, 1.82) is 0 Å². The average molecular weight is 300 g/mol. The minimum atomic E-state index is 0.777. The number of hydrogen-bond donors (Lipinski definition) is 1. The van der Waals surface area contributed by atoms with Crippen LogP contribution in [-0.2, 0) is 11.8 Å². The van der Waals surface area contributed by atoms with Crippen molar-refractivity contribution in [1.82, 2.24) is 14.5 Å². The monoisotopic (exact) mass is 300 g/mol. The van der Waals surface area contributed by atoms with Gasteiger partial charge in [0.05, 0.1) is 18.7 Å². The van der Waals surface area contributed by atoms with E-state index in [9.17, 15) is 0 Å². The van der Waals surface area contributed by atoms with Crippen molar-refractivity contribution in [3.05, 3.63) is 30.6 Å². The van der Waals surface area contributed by atoms with E-state index in [0.29, 0.717) is 0 Å². The molecule has 3 aromatic heterocycles. The first-order chi connectivity index (χ1) is 10.8. The zero-order valence-electron chi connectivity index (χ0n) is 12.9. The molecular weight excluding hydrogens is 280 g/mol. The Morgan fingerprint density at radius 2 is 1.86 bits per heavy atom. The smallest absolute Gasteiger partial charge is 0.143 e. The second kappa shape index (κ2) is 6.29. The molecular formula is C16H20N4O2. The highest BCUT2D eigenvalue weighted by atomic mass is 16.5. The molecule has 0 saturated carbocycles. The lowest BCUT2D eigenvalue weighted by molar-refractivity contribution is 0.122. The minimum Gasteiger partial charge on any atom is -0.400 e. The Hall–Kier alpha value is -2.18. The Balaban J connectivity index is 0.000000693. The van der Waals surface area contributed by atoms with Gasteiger partial charge in [0.15, 0.2) is 0 Å². The quantitative estimate of drug-likeness (QED) is 0.739. The van der Waals surface area contributed by atoms with Gasteiger partial charge in [0, 0.05) is 50.4 Å². The molecule has 0 unspecified atom stereocenters. The van der Waals surface area contributed by atoms with Crippen LogP contribution in [0.3, 0.4) is 0 Å². The molecule has 1 saturated heterocycles. The van der Waals surface area contributed by atoms with Crippen molar-refractivity contribution in [2.75, 3.05) is 38.3 Å². The van der Waals surface area contributed by atoms with Crippen LogP contribution in [-0.4, -0.2) is 53.1 Å². The van der Waals surface area contributed by atoms with Crippen LogP contribution in [0.15, 0.2) is 30.6 Å². The Bertz CT molecular complexity index is 778. The van der Waals surface area contributed by atoms with Crippen LogP contribution >= 0.6 is 0 Å². The van der Waals surface area contributed by atoms with Crippen LogP contribution in [0.5, 0.6) is 0 Å². The molecule has 116 valence electrons. The second-order valence-corrected chi connectivity index (χ2v) is 5.09. The molecule has 0 radical (unpaired) electrons. The highest BCUT2D eigenvalue weighted by Gasteiger charge is 2.15. The first kappa shape index (κ1) is 14.7. The maximum Gasteiger partial charge on any atom is 0.143 e. The van der Waals surface area contributed by atoms with Crippen LogP contribution in [0.25, 0.3) is 21.9 Å². The Morgan fingerprint density at radius 1 is 1.09 bits per heavy atom. The third-order valence-electron chi connectivity index (χ3n) is 3.96. The molecule has 4 rings (SSSR count). The molecule has 6 nitrogen and oxygen atoms in total. The Labute approximate surface area is 129 Å². The molecule has 3 aromatic rings. The number of morpholine rings is 1. The summed E-state index contributed by atoms with van der Waals surface area (Å²) in [6.07, 6.45) is 3.73. The first-order valence-corrected chi connectivity index (χ1v) is 7.31. The molecule has 0 amide bonds. The molecule has 1 aliphatic rings. The summed E-state index contributed by atoms with van der Waals surface area (Å²) in [6, 6.07) is 6.28. The molecule has 1 N–H and O–H groups in total. The van der Waals surface area contributed by atoms with Crippen molar-refractivity contribution >= 4 is 27.8 Å². The molecule has 1 aliphatic heterocycles. The maximum absolute atomic E-state index is 7.00. The van der Waals surface area contributed by atoms with Crippen LogP contribution in [0.4, 0.5) is 5.82 Å². The SMILES string of the molecule is CO.Cn1c2ccncc2c2ccc(N3CCOCC3)nc21. The average Bonchev–Trinajstić information content (AvgIpc) is 2.90. The van der Waals surface area contributed by atoms with E-state index in [1.165, 1.54) is 5.52 Å². The summed E-state index contributed by atoms with van der Waals surface area (Å²) in [5.41, 5.74) is 2.18. The lowest BCUT2D eigenvalue weighted by atomic mass is 10.2. The van der Waals surface area contributed by atoms with Gasteiger partial charge in [-0.25, -0.2) is 4.98 Å². The standard InChI is InChI=1S/C15H16N4O.CH4O/c1-18-13-4-5-16-10-12(13)11-2-3-14(17-15(11)18)19-6-8-20-9-7-19;1-2/h2-5,10H,6-9H2,1H3;2H,1H3. The van der Waals surface area contributed by atoms with E-state index in [-0.39, 0.29) is 0 Å². The summed E-state index contributed by atoms with van der Waals surface area (Å²) in [4.78, 5) is 11.3. The number of rotatable bonds is 1. The van der Waals surface area contributed by atoms with Crippen molar-refractivity contribution < 1.29 is 9.84 Å². The molecule has 6 heteroatoms. The fourth-order valence-corrected chi connectivity index (χ4v) is 2.87. The number of fused-ring (bicyclic) bond motifs is 3. The largest absolute Gasteiger partial charge is 0.400 e. The zero-order valence-corrected chi connectivity index (χ0v) is 12.9. The lowest BCUT2D eigenvalue weighted by Crippen LogP contribution is -2.36. The number of anilines is 1. The van der Waals surface area contributed by atoms with Gasteiger partial charge in [-0.15, -0.1) is 0 Å². The fraction of sp³-hybridized carbons (Fsp3) is 0.375. The van der Waals surface area contributed by atoms with Gasteiger partial charge in [0.1, 0.15) is 11.5 Å². The van der Waals surface area contributed by atoms with Gasteiger partial charge < -0.3 is 19.3 Å². The number of aryl methyl sites for hydroxylation is 1. The van der Waals surface area contributed by atoms with Crippen LogP contribution in [0, 0.1) is 0 Å². The van der Waals surface area contributed by atoms with Crippen molar-refractivity contribution in [3.63, 3.8) is 0 Å². The van der Waals surface area contributed by atoms with Gasteiger partial charge in [-0.2, -0.15) is 0 Å². The van der Waals surface area contributed by atoms with Crippen LogP contribution < -0.4 is 4.90 Å². The first-order valence-electron chi connectivity index (χ1n) is 7.31. The van der Waals surface area contributed by atoms with E-state index < -0.39 is 0 Å². The predicted molar refractivity (Wildman–Crippen MR) is 87.2 cm³/mol. The van der Waals surface area contributed by atoms with Gasteiger partial charge in [-0.05, 0) is 18.2 Å². The fourth-order valence-electron chi connectivity index (χ4n) is 2.87. The third kappa shape index (κ3) is 2.40. The lowest BCUT2D eigenvalue weighted by Gasteiger charge is -2.27. The number of aliphatic hydroxyl groups is 1. The highest BCUT2D eigenvalue weighted by Crippen LogP contribution is 2.28. The normalized spacial score (nSPS) is 15.0. The summed E-state index contributed by atoms with van der Waals surface area (Å²) in [5, 5.41) is 9.32. The van der Waals surface area contributed by atoms with E-state index in [1.807, 2.05) is 18.5 Å². The second-order valence-electron chi connectivity index (χ2n) is 5.09. The summed E-state index contributed by atoms with van der Waals surface area (Å²) >= 11 is 0. The predicted octanol–water partition coefficient (Wildman–Crippen LogP) is 1.57. The summed E-state index contributed by atoms with van der Waals surface area (Å²) in [6.45, 7) is 3.37. The summed E-state index contributed by atoms with van der Waals surface area (Å²) in [7, 11) is 3.06. The topological polar surface area (TPSA) is 63.4 Å². The molecule has 4 heterocycles. The number of hydrogen-bond acceptors (Lipinski definition) is 5. The number of ether oxygens (including phenoxy) is 1. The van der Waals surface area contributed by atoms with E-state index in [1.54, 1.807) is 0 Å². The van der Waals surface area contributed by atoms with Gasteiger partial charge in [0.25, 0.3) is 0 Å². The highest BCUT2D eigenvalue weighted by molar-refractivity contribution is 6.06. The van der Waals surface area contributed by atoms with E-state index in [0.717, 1.165) is 55.7 Å². The van der Waals surface area contributed by atoms with Gasteiger partial charge in [-0.3, -0.25) is 4.98 Å². The van der Waals surface area contributed by atoms with Crippen LogP contribution in [0.2, 0.25) is 0 Å². The van der Waals surface area contributed by atoms with E-state index in [4.69, 9.17) is 14.8 Å².